The second kappa shape index (κ2) is 9.87. The SMILES string of the molecule is CC(C)S(=O)(=O)N1CC=C(c2cc(S(=O)(=O)NC3(C#N)CC3)cc3c(-c4nnc(C(F)F)s4)nc(C4CC4)n23)CC1. The Kier molecular flexibility index (Phi) is 6.81. The third-order valence-electron chi connectivity index (χ3n) is 7.57. The fourth-order valence-electron chi connectivity index (χ4n) is 4.89. The third kappa shape index (κ3) is 5.07. The number of nitrogens with one attached hydrogen (secondary N) is 1. The summed E-state index contributed by atoms with van der Waals surface area (Å²) in [5.41, 5.74) is 0.706. The minimum atomic E-state index is -4.17. The van der Waals surface area contributed by atoms with Gasteiger partial charge in [0.1, 0.15) is 17.1 Å². The Labute approximate surface area is 240 Å². The minimum Gasteiger partial charge on any atom is -0.296 e. The van der Waals surface area contributed by atoms with Crippen LogP contribution >= 0.6 is 11.3 Å². The van der Waals surface area contributed by atoms with Crippen LogP contribution in [0.3, 0.4) is 0 Å². The average molecular weight is 624 g/mol. The highest BCUT2D eigenvalue weighted by atomic mass is 32.2. The van der Waals surface area contributed by atoms with Crippen LogP contribution in [-0.4, -0.2) is 64.6 Å². The van der Waals surface area contributed by atoms with E-state index in [0.717, 1.165) is 18.4 Å². The van der Waals surface area contributed by atoms with E-state index >= 15 is 0 Å². The molecule has 2 aliphatic carbocycles. The molecule has 0 spiro atoms. The molecule has 3 aromatic rings. The topological polar surface area (TPSA) is 150 Å². The molecule has 2 saturated carbocycles. The molecule has 1 aliphatic heterocycles. The van der Waals surface area contributed by atoms with E-state index in [-0.39, 0.29) is 34.6 Å². The summed E-state index contributed by atoms with van der Waals surface area (Å²) >= 11 is 0.694. The van der Waals surface area contributed by atoms with Gasteiger partial charge in [-0.1, -0.05) is 17.4 Å². The molecule has 3 aliphatic rings. The molecule has 0 unspecified atom stereocenters. The number of pyridine rings is 1. The van der Waals surface area contributed by atoms with E-state index in [2.05, 4.69) is 14.9 Å². The van der Waals surface area contributed by atoms with Gasteiger partial charge in [0.25, 0.3) is 6.43 Å². The maximum Gasteiger partial charge on any atom is 0.291 e. The molecule has 2 fully saturated rings. The molecule has 0 atom stereocenters. The lowest BCUT2D eigenvalue weighted by Crippen LogP contribution is -2.39. The summed E-state index contributed by atoms with van der Waals surface area (Å²) in [5.74, 6) is 0.748. The third-order valence-corrected chi connectivity index (χ3v) is 12.3. The first kappa shape index (κ1) is 28.3. The lowest BCUT2D eigenvalue weighted by molar-refractivity contribution is 0.150. The highest BCUT2D eigenvalue weighted by molar-refractivity contribution is 7.89. The Hall–Kier alpha value is -2.84. The number of halogens is 2. The fourth-order valence-corrected chi connectivity index (χ4v) is 8.22. The second-order valence-electron chi connectivity index (χ2n) is 10.9. The fraction of sp³-hybridized carbons (Fsp3) is 0.520. The van der Waals surface area contributed by atoms with Gasteiger partial charge in [0, 0.05) is 19.0 Å². The lowest BCUT2D eigenvalue weighted by atomic mass is 10.0. The van der Waals surface area contributed by atoms with Crippen molar-refractivity contribution in [1.82, 2.24) is 28.6 Å². The maximum absolute atomic E-state index is 13.6. The molecule has 0 saturated heterocycles. The first-order valence-corrected chi connectivity index (χ1v) is 17.0. The van der Waals surface area contributed by atoms with Crippen molar-refractivity contribution >= 4 is 42.5 Å². The number of nitrogens with zero attached hydrogens (tertiary/aromatic N) is 6. The maximum atomic E-state index is 13.6. The van der Waals surface area contributed by atoms with Gasteiger partial charge in [-0.05, 0) is 63.7 Å². The number of hydrogen-bond donors (Lipinski definition) is 1. The predicted octanol–water partition coefficient (Wildman–Crippen LogP) is 3.83. The monoisotopic (exact) mass is 623 g/mol. The van der Waals surface area contributed by atoms with Gasteiger partial charge in [-0.3, -0.25) is 4.40 Å². The van der Waals surface area contributed by atoms with E-state index < -0.39 is 42.3 Å². The summed E-state index contributed by atoms with van der Waals surface area (Å²) in [5, 5.41) is 16.1. The molecule has 41 heavy (non-hydrogen) atoms. The highest BCUT2D eigenvalue weighted by Gasteiger charge is 2.47. The van der Waals surface area contributed by atoms with E-state index in [0.29, 0.717) is 47.6 Å². The van der Waals surface area contributed by atoms with Crippen molar-refractivity contribution in [3.63, 3.8) is 0 Å². The lowest BCUT2D eigenvalue weighted by Gasteiger charge is -2.28. The molecule has 1 N–H and O–H groups in total. The molecule has 0 aromatic carbocycles. The molecule has 218 valence electrons. The summed E-state index contributed by atoms with van der Waals surface area (Å²) in [6.07, 6.45) is 1.81. The Balaban J connectivity index is 1.54. The smallest absolute Gasteiger partial charge is 0.291 e. The molecule has 16 heteroatoms. The van der Waals surface area contributed by atoms with Crippen molar-refractivity contribution in [2.75, 3.05) is 13.1 Å². The van der Waals surface area contributed by atoms with Crippen molar-refractivity contribution in [2.24, 2.45) is 0 Å². The van der Waals surface area contributed by atoms with E-state index in [1.54, 1.807) is 19.9 Å². The van der Waals surface area contributed by atoms with Gasteiger partial charge in [-0.25, -0.2) is 30.6 Å². The zero-order chi connectivity index (χ0) is 29.3. The number of rotatable bonds is 9. The Bertz CT molecular complexity index is 1830. The van der Waals surface area contributed by atoms with Crippen LogP contribution < -0.4 is 4.72 Å². The molecule has 4 heterocycles. The first-order valence-electron chi connectivity index (χ1n) is 13.2. The van der Waals surface area contributed by atoms with Crippen LogP contribution in [0, 0.1) is 11.3 Å². The molecule has 0 bridgehead atoms. The molecule has 6 rings (SSSR count). The van der Waals surface area contributed by atoms with Crippen LogP contribution in [0.4, 0.5) is 8.78 Å². The van der Waals surface area contributed by atoms with Gasteiger partial charge in [0.05, 0.1) is 27.4 Å². The number of imidazole rings is 1. The van der Waals surface area contributed by atoms with Crippen molar-refractivity contribution in [3.8, 4) is 16.8 Å². The minimum absolute atomic E-state index is 0.0911. The van der Waals surface area contributed by atoms with E-state index in [4.69, 9.17) is 4.98 Å². The highest BCUT2D eigenvalue weighted by Crippen LogP contribution is 2.44. The van der Waals surface area contributed by atoms with E-state index in [1.807, 2.05) is 10.5 Å². The van der Waals surface area contributed by atoms with Gasteiger partial charge in [0.2, 0.25) is 20.0 Å². The zero-order valence-corrected chi connectivity index (χ0v) is 24.7. The number of hydrogen-bond acceptors (Lipinski definition) is 9. The van der Waals surface area contributed by atoms with Gasteiger partial charge in [-0.15, -0.1) is 10.2 Å². The molecule has 0 radical (unpaired) electrons. The van der Waals surface area contributed by atoms with Crippen LogP contribution in [-0.2, 0) is 20.0 Å². The van der Waals surface area contributed by atoms with E-state index in [9.17, 15) is 30.9 Å². The Morgan fingerprint density at radius 3 is 2.44 bits per heavy atom. The van der Waals surface area contributed by atoms with Gasteiger partial charge < -0.3 is 0 Å². The van der Waals surface area contributed by atoms with Gasteiger partial charge >= 0.3 is 0 Å². The van der Waals surface area contributed by atoms with Crippen LogP contribution in [0.5, 0.6) is 0 Å². The molecular weight excluding hydrogens is 597 g/mol. The zero-order valence-electron chi connectivity index (χ0n) is 22.2. The summed E-state index contributed by atoms with van der Waals surface area (Å²) < 4.78 is 85.1. The Morgan fingerprint density at radius 1 is 1.17 bits per heavy atom. The number of fused-ring (bicyclic) bond motifs is 1. The van der Waals surface area contributed by atoms with Gasteiger partial charge in [-0.2, -0.15) is 14.3 Å². The molecule has 11 nitrogen and oxygen atoms in total. The summed E-state index contributed by atoms with van der Waals surface area (Å²) in [6.45, 7) is 3.58. The van der Waals surface area contributed by atoms with Crippen LogP contribution in [0.15, 0.2) is 23.1 Å². The standard InChI is InChI=1S/C25H27F2N7O4S3/c1-14(2)41(37,38)33-9-5-15(6-10-33)18-11-17(40(35,36)32-25(13-28)7-8-25)12-19-20(23-30-31-24(39-23)21(26)27)29-22(34(18)19)16-3-4-16/h5,11-12,14,16,21,32H,3-4,6-10H2,1-2H3. The van der Waals surface area contributed by atoms with Crippen molar-refractivity contribution in [1.29, 1.82) is 5.26 Å². The van der Waals surface area contributed by atoms with Crippen LogP contribution in [0.1, 0.15) is 74.8 Å². The van der Waals surface area contributed by atoms with Crippen LogP contribution in [0.25, 0.3) is 21.8 Å². The number of sulfonamides is 2. The number of alkyl halides is 2. The van der Waals surface area contributed by atoms with Crippen LogP contribution in [0.2, 0.25) is 0 Å². The summed E-state index contributed by atoms with van der Waals surface area (Å²) in [7, 11) is -7.65. The molecule has 3 aromatic heterocycles. The van der Waals surface area contributed by atoms with Crippen molar-refractivity contribution in [2.45, 2.75) is 74.0 Å². The largest absolute Gasteiger partial charge is 0.296 e. The molecule has 0 amide bonds. The van der Waals surface area contributed by atoms with Crippen molar-refractivity contribution < 1.29 is 25.6 Å². The number of aromatic nitrogens is 4. The quantitative estimate of drug-likeness (QED) is 0.378. The average Bonchev–Trinajstić information content (AvgIpc) is 3.84. The second-order valence-corrected chi connectivity index (χ2v) is 16.0. The first-order chi connectivity index (χ1) is 19.3. The molecular formula is C25H27F2N7O4S3. The van der Waals surface area contributed by atoms with Crippen molar-refractivity contribution in [3.05, 3.63) is 34.7 Å². The van der Waals surface area contributed by atoms with Gasteiger partial charge in [0.15, 0.2) is 10.0 Å². The predicted molar refractivity (Wildman–Crippen MR) is 147 cm³/mol. The normalized spacial score (nSPS) is 19.6. The summed E-state index contributed by atoms with van der Waals surface area (Å²) in [4.78, 5) is 4.67. The van der Waals surface area contributed by atoms with E-state index in [1.165, 1.54) is 16.4 Å². The Morgan fingerprint density at radius 2 is 1.90 bits per heavy atom. The summed E-state index contributed by atoms with van der Waals surface area (Å²) in [6, 6.07) is 4.97. The number of nitriles is 1.